The Morgan fingerprint density at radius 3 is 0.986 bits per heavy atom. The first-order chi connectivity index (χ1) is 35.5. The van der Waals surface area contributed by atoms with Crippen LogP contribution in [0, 0.1) is 0 Å². The number of hydrogen-bond acceptors (Lipinski definition) is 5. The summed E-state index contributed by atoms with van der Waals surface area (Å²) in [4.78, 5) is 24.6. The van der Waals surface area contributed by atoms with Gasteiger partial charge in [0.25, 0.3) is 0 Å². The summed E-state index contributed by atoms with van der Waals surface area (Å²) in [5.74, 6) is -0.0720. The summed E-state index contributed by atoms with van der Waals surface area (Å²) in [6, 6.07) is -0.635. The molecule has 6 nitrogen and oxygen atoms in total. The van der Waals surface area contributed by atoms with Gasteiger partial charge in [0.2, 0.25) is 5.91 Å². The SMILES string of the molecule is CCCCCCCCC/C=C\CCCCCCCCCC(=O)OCCCCCCCCCCC/C=C\CCCCCCCCCC(=O)NC(CO)C(O)/C=C/CCCCCCCCCCCCCCCCC. The third-order valence-electron chi connectivity index (χ3n) is 14.9. The zero-order valence-electron chi connectivity index (χ0n) is 48.4. The van der Waals surface area contributed by atoms with E-state index in [4.69, 9.17) is 4.74 Å². The van der Waals surface area contributed by atoms with Gasteiger partial charge in [-0.05, 0) is 83.5 Å². The fourth-order valence-electron chi connectivity index (χ4n) is 9.92. The molecule has 0 aromatic heterocycles. The van der Waals surface area contributed by atoms with Gasteiger partial charge in [0.05, 0.1) is 25.4 Å². The Kier molecular flexibility index (Phi) is 60.0. The maximum atomic E-state index is 12.5. The molecule has 0 aliphatic heterocycles. The van der Waals surface area contributed by atoms with Crippen LogP contribution in [-0.4, -0.2) is 47.4 Å². The van der Waals surface area contributed by atoms with Crippen molar-refractivity contribution in [2.45, 2.75) is 360 Å². The highest BCUT2D eigenvalue weighted by Gasteiger charge is 2.18. The fourth-order valence-corrected chi connectivity index (χ4v) is 9.92. The molecule has 1 amide bonds. The van der Waals surface area contributed by atoms with Crippen molar-refractivity contribution in [1.82, 2.24) is 5.32 Å². The Labute approximate surface area is 449 Å². The van der Waals surface area contributed by atoms with Crippen molar-refractivity contribution in [3.05, 3.63) is 36.5 Å². The van der Waals surface area contributed by atoms with Gasteiger partial charge in [-0.25, -0.2) is 0 Å². The van der Waals surface area contributed by atoms with Crippen molar-refractivity contribution in [2.24, 2.45) is 0 Å². The number of nitrogens with one attached hydrogen (secondary N) is 1. The summed E-state index contributed by atoms with van der Waals surface area (Å²) in [6.45, 7) is 4.91. The molecule has 3 N–H and O–H groups in total. The molecule has 0 aliphatic carbocycles. The highest BCUT2D eigenvalue weighted by atomic mass is 16.5. The van der Waals surface area contributed by atoms with Crippen molar-refractivity contribution in [3.8, 4) is 0 Å². The smallest absolute Gasteiger partial charge is 0.305 e. The molecule has 0 saturated carbocycles. The Morgan fingerprint density at radius 1 is 0.375 bits per heavy atom. The zero-order chi connectivity index (χ0) is 52.2. The molecule has 2 unspecified atom stereocenters. The number of rotatable bonds is 60. The molecule has 2 atom stereocenters. The van der Waals surface area contributed by atoms with Crippen LogP contribution in [0.2, 0.25) is 0 Å². The van der Waals surface area contributed by atoms with E-state index in [-0.39, 0.29) is 18.5 Å². The summed E-state index contributed by atoms with van der Waals surface area (Å²) < 4.78 is 5.49. The molecule has 424 valence electrons. The molecular formula is C66H125NO5. The summed E-state index contributed by atoms with van der Waals surface area (Å²) in [7, 11) is 0. The van der Waals surface area contributed by atoms with Gasteiger partial charge in [-0.3, -0.25) is 9.59 Å². The van der Waals surface area contributed by atoms with Gasteiger partial charge in [0.1, 0.15) is 0 Å². The first kappa shape index (κ1) is 70.1. The maximum Gasteiger partial charge on any atom is 0.305 e. The monoisotopic (exact) mass is 1010 g/mol. The molecule has 0 rings (SSSR count). The average molecular weight is 1010 g/mol. The number of aliphatic hydroxyl groups excluding tert-OH is 2. The van der Waals surface area contributed by atoms with Crippen LogP contribution in [0.1, 0.15) is 348 Å². The van der Waals surface area contributed by atoms with Crippen molar-refractivity contribution in [2.75, 3.05) is 13.2 Å². The second-order valence-corrected chi connectivity index (χ2v) is 22.1. The predicted molar refractivity (Wildman–Crippen MR) is 315 cm³/mol. The molecule has 0 spiro atoms. The van der Waals surface area contributed by atoms with Crippen molar-refractivity contribution >= 4 is 11.9 Å². The first-order valence-corrected chi connectivity index (χ1v) is 32.3. The van der Waals surface area contributed by atoms with Crippen LogP contribution in [0.5, 0.6) is 0 Å². The third kappa shape index (κ3) is 57.4. The van der Waals surface area contributed by atoms with Crippen molar-refractivity contribution in [1.29, 1.82) is 0 Å². The van der Waals surface area contributed by atoms with Gasteiger partial charge >= 0.3 is 5.97 Å². The van der Waals surface area contributed by atoms with Gasteiger partial charge in [0, 0.05) is 12.8 Å². The highest BCUT2D eigenvalue weighted by molar-refractivity contribution is 5.76. The molecular weight excluding hydrogens is 887 g/mol. The Bertz CT molecular complexity index is 1170. The first-order valence-electron chi connectivity index (χ1n) is 32.3. The lowest BCUT2D eigenvalue weighted by Gasteiger charge is -2.20. The summed E-state index contributed by atoms with van der Waals surface area (Å²) in [6.07, 6.45) is 77.6. The van der Waals surface area contributed by atoms with E-state index in [0.717, 1.165) is 51.4 Å². The van der Waals surface area contributed by atoms with Crippen LogP contribution >= 0.6 is 0 Å². The number of aliphatic hydroxyl groups is 2. The van der Waals surface area contributed by atoms with Crippen LogP contribution in [0.25, 0.3) is 0 Å². The lowest BCUT2D eigenvalue weighted by atomic mass is 10.0. The molecule has 0 aromatic rings. The molecule has 0 saturated heterocycles. The van der Waals surface area contributed by atoms with Crippen molar-refractivity contribution < 1.29 is 24.5 Å². The van der Waals surface area contributed by atoms with E-state index in [1.165, 1.54) is 270 Å². The van der Waals surface area contributed by atoms with E-state index in [1.807, 2.05) is 6.08 Å². The topological polar surface area (TPSA) is 95.9 Å². The van der Waals surface area contributed by atoms with Crippen LogP contribution in [0.4, 0.5) is 0 Å². The lowest BCUT2D eigenvalue weighted by molar-refractivity contribution is -0.143. The second-order valence-electron chi connectivity index (χ2n) is 22.1. The fraction of sp³-hybridized carbons (Fsp3) is 0.879. The van der Waals surface area contributed by atoms with E-state index >= 15 is 0 Å². The van der Waals surface area contributed by atoms with Gasteiger partial charge in [-0.1, -0.05) is 288 Å². The Morgan fingerprint density at radius 2 is 0.653 bits per heavy atom. The van der Waals surface area contributed by atoms with E-state index in [0.29, 0.717) is 19.4 Å². The zero-order valence-corrected chi connectivity index (χ0v) is 48.4. The number of amides is 1. The van der Waals surface area contributed by atoms with Gasteiger partial charge in [-0.2, -0.15) is 0 Å². The number of carbonyl (C=O) groups is 2. The standard InChI is InChI=1S/C66H125NO5/c1-3-5-7-9-11-13-15-17-19-21-28-32-36-40-44-48-52-56-60-66(71)72-61-57-53-49-45-41-37-33-29-25-23-22-24-27-31-35-39-43-47-51-55-59-65(70)67-63(62-68)64(69)58-54-50-46-42-38-34-30-26-20-18-16-14-12-10-8-6-4-2/h19,21-22,24,54,58,63-64,68-69H,3-18,20,23,25-53,55-57,59-62H2,1-2H3,(H,67,70)/b21-19-,24-22-,58-54+. The molecule has 0 bridgehead atoms. The number of carbonyl (C=O) groups excluding carboxylic acids is 2. The highest BCUT2D eigenvalue weighted by Crippen LogP contribution is 2.17. The summed E-state index contributed by atoms with van der Waals surface area (Å²) >= 11 is 0. The number of allylic oxidation sites excluding steroid dienone is 5. The van der Waals surface area contributed by atoms with E-state index < -0.39 is 12.1 Å². The van der Waals surface area contributed by atoms with Gasteiger partial charge < -0.3 is 20.3 Å². The van der Waals surface area contributed by atoms with Crippen molar-refractivity contribution in [3.63, 3.8) is 0 Å². The normalized spacial score (nSPS) is 12.8. The minimum atomic E-state index is -0.851. The van der Waals surface area contributed by atoms with Crippen LogP contribution in [0.15, 0.2) is 36.5 Å². The molecule has 0 aromatic carbocycles. The largest absolute Gasteiger partial charge is 0.466 e. The number of unbranched alkanes of at least 4 members (excludes halogenated alkanes) is 45. The predicted octanol–water partition coefficient (Wildman–Crippen LogP) is 20.4. The lowest BCUT2D eigenvalue weighted by Crippen LogP contribution is -2.45. The number of hydrogen-bond donors (Lipinski definition) is 3. The molecule has 0 radical (unpaired) electrons. The Balaban J connectivity index is 3.45. The van der Waals surface area contributed by atoms with E-state index in [9.17, 15) is 19.8 Å². The summed E-state index contributed by atoms with van der Waals surface area (Å²) in [5.41, 5.74) is 0. The third-order valence-corrected chi connectivity index (χ3v) is 14.9. The number of esters is 1. The minimum absolute atomic E-state index is 0.00288. The molecule has 0 fully saturated rings. The molecule has 6 heteroatoms. The van der Waals surface area contributed by atoms with E-state index in [2.05, 4.69) is 43.5 Å². The average Bonchev–Trinajstić information content (AvgIpc) is 3.38. The van der Waals surface area contributed by atoms with Crippen LogP contribution in [0.3, 0.4) is 0 Å². The van der Waals surface area contributed by atoms with Gasteiger partial charge in [0.15, 0.2) is 0 Å². The van der Waals surface area contributed by atoms with E-state index in [1.54, 1.807) is 6.08 Å². The second kappa shape index (κ2) is 61.6. The molecule has 0 heterocycles. The maximum absolute atomic E-state index is 12.5. The van der Waals surface area contributed by atoms with Crippen LogP contribution in [-0.2, 0) is 14.3 Å². The molecule has 0 aliphatic rings. The molecule has 72 heavy (non-hydrogen) atoms. The number of ether oxygens (including phenoxy) is 1. The quantitative estimate of drug-likeness (QED) is 0.0320. The van der Waals surface area contributed by atoms with Crippen LogP contribution < -0.4 is 5.32 Å². The summed E-state index contributed by atoms with van der Waals surface area (Å²) in [5, 5.41) is 23.2. The minimum Gasteiger partial charge on any atom is -0.466 e. The Hall–Kier alpha value is -1.92. The van der Waals surface area contributed by atoms with Gasteiger partial charge in [-0.15, -0.1) is 0 Å².